The van der Waals surface area contributed by atoms with Crippen molar-refractivity contribution in [2.24, 2.45) is 4.99 Å². The number of pyridine rings is 1. The Morgan fingerprint density at radius 2 is 1.63 bits per heavy atom. The van der Waals surface area contributed by atoms with Crippen LogP contribution in [0.4, 0.5) is 0 Å². The van der Waals surface area contributed by atoms with Gasteiger partial charge in [0.2, 0.25) is 0 Å². The number of hydrogen-bond donors (Lipinski definition) is 0. The molecule has 3 aliphatic rings. The Labute approximate surface area is 264 Å². The Morgan fingerprint density at radius 1 is 0.767 bits per heavy atom. The molecule has 4 aromatic carbocycles. The average Bonchev–Trinajstić information content (AvgIpc) is 3.70. The molecule has 1 aliphatic heterocycles. The minimum Gasteiger partial charge on any atom is -0.514 e. The van der Waals surface area contributed by atoms with E-state index in [4.69, 9.17) is 19.5 Å². The van der Waals surface area contributed by atoms with Gasteiger partial charge < -0.3 is 14.0 Å². The molecule has 0 unspecified atom stereocenters. The van der Waals surface area contributed by atoms with Gasteiger partial charge in [-0.05, 0) is 59.9 Å². The zero-order chi connectivity index (χ0) is 27.6. The molecule has 2 aliphatic carbocycles. The number of ether oxygens (including phenoxy) is 2. The van der Waals surface area contributed by atoms with Crippen LogP contribution in [-0.2, 0) is 45.1 Å². The molecule has 0 fully saturated rings. The van der Waals surface area contributed by atoms with Crippen molar-refractivity contribution in [1.82, 2.24) is 9.55 Å². The Hall–Kier alpha value is -4.21. The van der Waals surface area contributed by atoms with Crippen molar-refractivity contribution in [1.29, 1.82) is 0 Å². The molecule has 2 aromatic heterocycles. The summed E-state index contributed by atoms with van der Waals surface area (Å²) in [6.07, 6.45) is 5.51. The molecule has 3 heterocycles. The second kappa shape index (κ2) is 10.5. The first-order chi connectivity index (χ1) is 20.8. The fourth-order valence-electron chi connectivity index (χ4n) is 6.85. The molecule has 6 heteroatoms. The van der Waals surface area contributed by atoms with Gasteiger partial charge in [0, 0.05) is 29.1 Å². The van der Waals surface area contributed by atoms with Gasteiger partial charge in [-0.15, -0.1) is 35.7 Å². The van der Waals surface area contributed by atoms with Crippen LogP contribution in [0, 0.1) is 12.1 Å². The number of aliphatic imine (C=N–C) groups is 1. The van der Waals surface area contributed by atoms with Crippen molar-refractivity contribution >= 4 is 27.7 Å². The SMILES string of the molecule is [Pt+2].[c-]1c(Oc2[c-]c3c(cc2)c2ccccc2n3-c2ccc3c(n2)CCCC3)cccc1C1=N[C@@H]2c3ccccc3C[C@@H]2O1. The Balaban J connectivity index is 0.00000278. The molecule has 0 spiro atoms. The summed E-state index contributed by atoms with van der Waals surface area (Å²) in [6, 6.07) is 38.3. The Morgan fingerprint density at radius 3 is 2.60 bits per heavy atom. The molecule has 212 valence electrons. The summed E-state index contributed by atoms with van der Waals surface area (Å²) in [5.41, 5.74) is 8.03. The van der Waals surface area contributed by atoms with Crippen LogP contribution >= 0.6 is 0 Å². The van der Waals surface area contributed by atoms with Crippen LogP contribution in [0.15, 0.2) is 96.0 Å². The van der Waals surface area contributed by atoms with Gasteiger partial charge in [0.25, 0.3) is 0 Å². The normalized spacial score (nSPS) is 18.4. The van der Waals surface area contributed by atoms with E-state index in [-0.39, 0.29) is 33.2 Å². The van der Waals surface area contributed by atoms with E-state index in [1.54, 1.807) is 0 Å². The number of hydrogen-bond acceptors (Lipinski definition) is 4. The van der Waals surface area contributed by atoms with E-state index in [2.05, 4.69) is 83.4 Å². The Kier molecular flexibility index (Phi) is 6.45. The maximum absolute atomic E-state index is 6.36. The molecule has 5 nitrogen and oxygen atoms in total. The van der Waals surface area contributed by atoms with Crippen molar-refractivity contribution in [2.75, 3.05) is 0 Å². The maximum atomic E-state index is 6.36. The number of nitrogens with zero attached hydrogens (tertiary/aromatic N) is 3. The fraction of sp³-hybridized carbons (Fsp3) is 0.189. The second-order valence-corrected chi connectivity index (χ2v) is 11.4. The molecule has 0 radical (unpaired) electrons. The average molecular weight is 741 g/mol. The van der Waals surface area contributed by atoms with Crippen molar-refractivity contribution in [2.45, 2.75) is 44.2 Å². The first-order valence-electron chi connectivity index (χ1n) is 14.8. The molecule has 43 heavy (non-hydrogen) atoms. The van der Waals surface area contributed by atoms with Crippen LogP contribution in [0.2, 0.25) is 0 Å². The molecule has 6 aromatic rings. The number of aromatic nitrogens is 2. The van der Waals surface area contributed by atoms with Gasteiger partial charge in [-0.2, -0.15) is 6.07 Å². The third-order valence-electron chi connectivity index (χ3n) is 8.83. The van der Waals surface area contributed by atoms with E-state index in [9.17, 15) is 0 Å². The summed E-state index contributed by atoms with van der Waals surface area (Å²) in [4.78, 5) is 10.1. The molecule has 0 saturated carbocycles. The Bertz CT molecular complexity index is 2060. The molecule has 9 rings (SSSR count). The number of aryl methyl sites for hydroxylation is 2. The minimum absolute atomic E-state index is 0. The first-order valence-corrected chi connectivity index (χ1v) is 14.8. The summed E-state index contributed by atoms with van der Waals surface area (Å²) >= 11 is 0. The van der Waals surface area contributed by atoms with Gasteiger partial charge in [0.05, 0.1) is 0 Å². The van der Waals surface area contributed by atoms with Crippen molar-refractivity contribution in [3.05, 3.63) is 131 Å². The third kappa shape index (κ3) is 4.41. The molecule has 0 saturated heterocycles. The van der Waals surface area contributed by atoms with E-state index in [0.29, 0.717) is 17.4 Å². The monoisotopic (exact) mass is 740 g/mol. The van der Waals surface area contributed by atoms with Crippen LogP contribution in [0.3, 0.4) is 0 Å². The van der Waals surface area contributed by atoms with Gasteiger partial charge in [-0.1, -0.05) is 65.7 Å². The van der Waals surface area contributed by atoms with Gasteiger partial charge in [-0.25, -0.2) is 4.98 Å². The quantitative estimate of drug-likeness (QED) is 0.173. The van der Waals surface area contributed by atoms with Crippen LogP contribution < -0.4 is 4.74 Å². The summed E-state index contributed by atoms with van der Waals surface area (Å²) in [7, 11) is 0. The van der Waals surface area contributed by atoms with Crippen LogP contribution in [0.1, 0.15) is 46.8 Å². The summed E-state index contributed by atoms with van der Waals surface area (Å²) in [6.45, 7) is 0. The van der Waals surface area contributed by atoms with Crippen LogP contribution in [-0.4, -0.2) is 21.6 Å². The number of rotatable bonds is 4. The standard InChI is InChI=1S/C37H27N3O2.Pt/c1-3-12-28-24(9-1)21-34-36(28)39-37(42-34)25-10-7-11-26(20-25)41-27-17-18-30-29-13-4-6-15-32(29)40(33(30)22-27)35-19-16-23-8-2-5-14-31(23)38-35;/h1,3-4,6-7,9-13,15-19,34,36H,2,5,8,14,21H2;/q-2;+2/t34-,36+;/m0./s1. The molecule has 0 bridgehead atoms. The fourth-order valence-corrected chi connectivity index (χ4v) is 6.85. The second-order valence-electron chi connectivity index (χ2n) is 11.4. The molecule has 0 amide bonds. The van der Waals surface area contributed by atoms with Crippen molar-refractivity contribution in [3.63, 3.8) is 0 Å². The van der Waals surface area contributed by atoms with Crippen molar-refractivity contribution in [3.8, 4) is 17.3 Å². The molecule has 2 atom stereocenters. The van der Waals surface area contributed by atoms with E-state index >= 15 is 0 Å². The molecular weight excluding hydrogens is 714 g/mol. The molecule has 0 N–H and O–H groups in total. The van der Waals surface area contributed by atoms with Crippen molar-refractivity contribution < 1.29 is 30.5 Å². The topological polar surface area (TPSA) is 48.6 Å². The predicted molar refractivity (Wildman–Crippen MR) is 164 cm³/mol. The minimum atomic E-state index is 0. The summed E-state index contributed by atoms with van der Waals surface area (Å²) in [5.74, 6) is 2.77. The first kappa shape index (κ1) is 26.4. The van der Waals surface area contributed by atoms with E-state index in [0.717, 1.165) is 47.1 Å². The number of para-hydroxylation sites is 1. The van der Waals surface area contributed by atoms with Gasteiger partial charge in [0.15, 0.2) is 0 Å². The third-order valence-corrected chi connectivity index (χ3v) is 8.83. The van der Waals surface area contributed by atoms with Crippen LogP contribution in [0.5, 0.6) is 11.5 Å². The van der Waals surface area contributed by atoms with E-state index in [1.807, 2.05) is 24.3 Å². The van der Waals surface area contributed by atoms with Gasteiger partial charge >= 0.3 is 21.1 Å². The summed E-state index contributed by atoms with van der Waals surface area (Å²) in [5, 5.41) is 2.29. The smallest absolute Gasteiger partial charge is 0.514 e. The van der Waals surface area contributed by atoms with E-state index < -0.39 is 0 Å². The molecular formula is C37H27N3O2Pt. The number of fused-ring (bicyclic) bond motifs is 7. The zero-order valence-electron chi connectivity index (χ0n) is 23.3. The van der Waals surface area contributed by atoms with Crippen LogP contribution in [0.25, 0.3) is 27.6 Å². The predicted octanol–water partition coefficient (Wildman–Crippen LogP) is 7.89. The maximum Gasteiger partial charge on any atom is 2.00 e. The van der Waals surface area contributed by atoms with Gasteiger partial charge in [-0.3, -0.25) is 4.99 Å². The number of benzene rings is 4. The van der Waals surface area contributed by atoms with Gasteiger partial charge in [0.1, 0.15) is 23.9 Å². The summed E-state index contributed by atoms with van der Waals surface area (Å²) < 4.78 is 14.9. The zero-order valence-corrected chi connectivity index (χ0v) is 25.6. The largest absolute Gasteiger partial charge is 2.00 e. The van der Waals surface area contributed by atoms with E-state index in [1.165, 1.54) is 40.6 Å².